The molecule has 0 saturated heterocycles. The summed E-state index contributed by atoms with van der Waals surface area (Å²) in [6.07, 6.45) is 0. The summed E-state index contributed by atoms with van der Waals surface area (Å²) in [5.74, 6) is 0. The predicted molar refractivity (Wildman–Crippen MR) is 138 cm³/mol. The van der Waals surface area contributed by atoms with Crippen molar-refractivity contribution in [2.45, 2.75) is 136 Å². The Hall–Kier alpha value is 1.38. The molecule has 2 N–H and O–H groups in total. The van der Waals surface area contributed by atoms with Crippen molar-refractivity contribution in [1.82, 2.24) is 0 Å². The summed E-state index contributed by atoms with van der Waals surface area (Å²) < 4.78 is 0. The Balaban J connectivity index is -0.000000448. The quantitative estimate of drug-likeness (QED) is 0.309. The van der Waals surface area contributed by atoms with Gasteiger partial charge in [-0.1, -0.05) is 125 Å². The molecule has 0 amide bonds. The molecule has 0 unspecified atom stereocenters. The van der Waals surface area contributed by atoms with E-state index in [0.29, 0.717) is 0 Å². The van der Waals surface area contributed by atoms with Crippen molar-refractivity contribution in [2.24, 2.45) is 32.5 Å². The Morgan fingerprint density at radius 2 is 0.419 bits per heavy atom. The van der Waals surface area contributed by atoms with E-state index in [1.165, 1.54) is 0 Å². The van der Waals surface area contributed by atoms with Gasteiger partial charge in [-0.2, -0.15) is 0 Å². The van der Waals surface area contributed by atoms with Gasteiger partial charge >= 0.3 is 37.9 Å². The molecular formula is C26H56Cl2O2Zr. The molecule has 190 valence electrons. The van der Waals surface area contributed by atoms with Crippen LogP contribution < -0.4 is 0 Å². The predicted octanol–water partition coefficient (Wildman–Crippen LogP) is 9.09. The first kappa shape index (κ1) is 36.9. The molecule has 0 atom stereocenters. The van der Waals surface area contributed by atoms with Gasteiger partial charge in [0, 0.05) is 0 Å². The van der Waals surface area contributed by atoms with Crippen molar-refractivity contribution < 1.29 is 31.1 Å². The summed E-state index contributed by atoms with van der Waals surface area (Å²) in [5, 5.41) is 22.0. The van der Waals surface area contributed by atoms with Gasteiger partial charge in [0.15, 0.2) is 0 Å². The molecule has 0 bridgehead atoms. The molecule has 0 saturated carbocycles. The summed E-state index contributed by atoms with van der Waals surface area (Å²) in [5.41, 5.74) is -2.10. The second-order valence-electron chi connectivity index (χ2n) is 15.0. The Morgan fingerprint density at radius 3 is 0.419 bits per heavy atom. The summed E-state index contributed by atoms with van der Waals surface area (Å²) in [6, 6.07) is 0. The molecule has 0 spiro atoms. The molecule has 5 heteroatoms. The van der Waals surface area contributed by atoms with Gasteiger partial charge in [-0.25, -0.2) is 0 Å². The minimum absolute atomic E-state index is 0.122. The van der Waals surface area contributed by atoms with Crippen LogP contribution in [0.4, 0.5) is 0 Å². The van der Waals surface area contributed by atoms with Crippen LogP contribution in [0.3, 0.4) is 0 Å². The van der Waals surface area contributed by atoms with Gasteiger partial charge in [0.2, 0.25) is 0 Å². The fourth-order valence-electron chi connectivity index (χ4n) is 6.75. The molecule has 0 fully saturated rings. The van der Waals surface area contributed by atoms with Crippen LogP contribution in [0.25, 0.3) is 0 Å². The summed E-state index contributed by atoms with van der Waals surface area (Å²) >= 11 is -0.826. The van der Waals surface area contributed by atoms with E-state index in [9.17, 15) is 10.2 Å². The molecule has 0 aliphatic heterocycles. The number of hydrogen-bond donors (Lipinski definition) is 2. The van der Waals surface area contributed by atoms with Crippen molar-refractivity contribution in [3.05, 3.63) is 0 Å². The Kier molecular flexibility index (Phi) is 13.6. The number of rotatable bonds is 0. The normalized spacial score (nSPS) is 14.8. The first-order valence-electron chi connectivity index (χ1n) is 11.3. The molecule has 0 aromatic heterocycles. The standard InChI is InChI=1S/2C13H28O.2ClH.Zr/c2*1-10(2,3)13(14,11(4,5)6)12(7,8)9;;;/h2*14H,1-9H3;2*1H;/q;;;;+2/p-2. The van der Waals surface area contributed by atoms with Crippen LogP contribution in [0.5, 0.6) is 0 Å². The zero-order chi connectivity index (χ0) is 26.7. The zero-order valence-corrected chi connectivity index (χ0v) is 28.1. The van der Waals surface area contributed by atoms with Crippen molar-refractivity contribution in [3.8, 4) is 0 Å². The van der Waals surface area contributed by atoms with Crippen LogP contribution in [0, 0.1) is 32.5 Å². The van der Waals surface area contributed by atoms with E-state index in [0.717, 1.165) is 0 Å². The molecule has 0 aliphatic rings. The zero-order valence-electron chi connectivity index (χ0n) is 24.2. The SMILES string of the molecule is CC(C)(C)C(O)(C(C)(C)C)C(C)(C)C.CC(C)(C)C(O)(C(C)(C)C)C(C)(C)C.[Cl][Zr][Cl]. The van der Waals surface area contributed by atoms with Crippen molar-refractivity contribution in [2.75, 3.05) is 0 Å². The van der Waals surface area contributed by atoms with Crippen LogP contribution in [0.1, 0.15) is 125 Å². The maximum absolute atomic E-state index is 11.0. The second kappa shape index (κ2) is 11.4. The van der Waals surface area contributed by atoms with Crippen molar-refractivity contribution in [3.63, 3.8) is 0 Å². The van der Waals surface area contributed by atoms with Crippen LogP contribution in [0.2, 0.25) is 0 Å². The van der Waals surface area contributed by atoms with E-state index in [-0.39, 0.29) is 32.5 Å². The maximum atomic E-state index is 11.0. The molecular weight excluding hydrogens is 506 g/mol. The first-order chi connectivity index (χ1) is 12.9. The van der Waals surface area contributed by atoms with Crippen molar-refractivity contribution in [1.29, 1.82) is 0 Å². The van der Waals surface area contributed by atoms with Gasteiger partial charge < -0.3 is 10.2 Å². The minimum atomic E-state index is -0.826. The molecule has 0 aliphatic carbocycles. The third kappa shape index (κ3) is 8.83. The van der Waals surface area contributed by atoms with Gasteiger partial charge in [0.25, 0.3) is 0 Å². The average molecular weight is 563 g/mol. The van der Waals surface area contributed by atoms with Crippen molar-refractivity contribution >= 4 is 17.0 Å². The molecule has 0 aromatic rings. The number of aliphatic hydroxyl groups is 2. The molecule has 0 heterocycles. The van der Waals surface area contributed by atoms with E-state index in [4.69, 9.17) is 17.0 Å². The van der Waals surface area contributed by atoms with Gasteiger partial charge in [-0.3, -0.25) is 0 Å². The van der Waals surface area contributed by atoms with E-state index in [1.807, 2.05) is 0 Å². The Bertz CT molecular complexity index is 396. The third-order valence-electron chi connectivity index (χ3n) is 6.51. The molecule has 0 radical (unpaired) electrons. The van der Waals surface area contributed by atoms with E-state index >= 15 is 0 Å². The molecule has 31 heavy (non-hydrogen) atoms. The topological polar surface area (TPSA) is 40.5 Å². The number of hydrogen-bond acceptors (Lipinski definition) is 2. The van der Waals surface area contributed by atoms with Gasteiger partial charge in [-0.15, -0.1) is 0 Å². The van der Waals surface area contributed by atoms with Crippen LogP contribution in [-0.4, -0.2) is 21.4 Å². The van der Waals surface area contributed by atoms with Gasteiger partial charge in [-0.05, 0) is 32.5 Å². The summed E-state index contributed by atoms with van der Waals surface area (Å²) in [7, 11) is 9.87. The fraction of sp³-hybridized carbons (Fsp3) is 1.00. The molecule has 0 rings (SSSR count). The fourth-order valence-corrected chi connectivity index (χ4v) is 6.75. The van der Waals surface area contributed by atoms with Crippen LogP contribution in [-0.2, 0) is 20.8 Å². The van der Waals surface area contributed by atoms with E-state index < -0.39 is 32.1 Å². The molecule has 2 nitrogen and oxygen atoms in total. The third-order valence-corrected chi connectivity index (χ3v) is 6.51. The number of halogens is 2. The Labute approximate surface area is 215 Å². The van der Waals surface area contributed by atoms with E-state index in [2.05, 4.69) is 125 Å². The second-order valence-corrected chi connectivity index (χ2v) is 18.7. The van der Waals surface area contributed by atoms with Gasteiger partial charge in [0.05, 0.1) is 11.2 Å². The Morgan fingerprint density at radius 1 is 0.355 bits per heavy atom. The summed E-state index contributed by atoms with van der Waals surface area (Å²) in [4.78, 5) is 0. The first-order valence-corrected chi connectivity index (χ1v) is 17.7. The van der Waals surface area contributed by atoms with Gasteiger partial charge in [0.1, 0.15) is 0 Å². The monoisotopic (exact) mass is 560 g/mol. The van der Waals surface area contributed by atoms with Crippen LogP contribution in [0.15, 0.2) is 0 Å². The average Bonchev–Trinajstić information content (AvgIpc) is 2.39. The molecule has 0 aromatic carbocycles. The summed E-state index contributed by atoms with van der Waals surface area (Å²) in [6.45, 7) is 38.1. The van der Waals surface area contributed by atoms with Crippen LogP contribution >= 0.6 is 17.0 Å². The van der Waals surface area contributed by atoms with E-state index in [1.54, 1.807) is 0 Å².